The van der Waals surface area contributed by atoms with E-state index in [0.717, 1.165) is 16.2 Å². The van der Waals surface area contributed by atoms with Crippen LogP contribution in [0, 0.1) is 0 Å². The molecule has 28 heavy (non-hydrogen) atoms. The second-order valence-corrected chi connectivity index (χ2v) is 7.18. The fraction of sp³-hybridized carbons (Fsp3) is 0.0870. The van der Waals surface area contributed by atoms with Crippen molar-refractivity contribution < 1.29 is 13.9 Å². The summed E-state index contributed by atoms with van der Waals surface area (Å²) in [6.45, 7) is 0.268. The second kappa shape index (κ2) is 8.59. The average molecular weight is 389 g/mol. The van der Waals surface area contributed by atoms with Crippen LogP contribution in [0.1, 0.15) is 32.8 Å². The van der Waals surface area contributed by atoms with E-state index < -0.39 is 0 Å². The molecule has 0 saturated carbocycles. The maximum atomic E-state index is 12.8. The molecule has 0 aliphatic heterocycles. The zero-order valence-electron chi connectivity index (χ0n) is 15.1. The summed E-state index contributed by atoms with van der Waals surface area (Å²) in [7, 11) is 0. The molecule has 0 spiro atoms. The van der Waals surface area contributed by atoms with Crippen molar-refractivity contribution in [1.29, 1.82) is 0 Å². The van der Waals surface area contributed by atoms with Gasteiger partial charge in [0.05, 0.1) is 6.04 Å². The molecule has 0 aliphatic carbocycles. The van der Waals surface area contributed by atoms with Crippen LogP contribution in [0.4, 0.5) is 0 Å². The summed E-state index contributed by atoms with van der Waals surface area (Å²) >= 11 is 1.61. The smallest absolute Gasteiger partial charge is 0.287 e. The molecule has 0 radical (unpaired) electrons. The number of amides is 1. The van der Waals surface area contributed by atoms with Gasteiger partial charge in [0.1, 0.15) is 18.1 Å². The monoisotopic (exact) mass is 389 g/mol. The van der Waals surface area contributed by atoms with Gasteiger partial charge in [-0.25, -0.2) is 0 Å². The van der Waals surface area contributed by atoms with Crippen molar-refractivity contribution in [3.05, 3.63) is 112 Å². The number of furan rings is 1. The van der Waals surface area contributed by atoms with Gasteiger partial charge in [-0.05, 0) is 41.3 Å². The molecule has 4 nitrogen and oxygen atoms in total. The lowest BCUT2D eigenvalue weighted by Gasteiger charge is -2.17. The number of rotatable bonds is 7. The summed E-state index contributed by atoms with van der Waals surface area (Å²) in [5.41, 5.74) is 1.03. The van der Waals surface area contributed by atoms with Crippen LogP contribution in [0.3, 0.4) is 0 Å². The van der Waals surface area contributed by atoms with Crippen LogP contribution >= 0.6 is 11.3 Å². The Bertz CT molecular complexity index is 1010. The predicted octanol–water partition coefficient (Wildman–Crippen LogP) is 5.44. The Morgan fingerprint density at radius 3 is 2.39 bits per heavy atom. The number of benzene rings is 2. The van der Waals surface area contributed by atoms with Gasteiger partial charge in [0.25, 0.3) is 5.91 Å². The van der Waals surface area contributed by atoms with Crippen LogP contribution in [-0.2, 0) is 6.61 Å². The number of nitrogens with one attached hydrogen (secondary N) is 1. The Morgan fingerprint density at radius 2 is 1.68 bits per heavy atom. The van der Waals surface area contributed by atoms with E-state index in [1.54, 1.807) is 23.5 Å². The molecular weight excluding hydrogens is 370 g/mol. The maximum absolute atomic E-state index is 12.8. The van der Waals surface area contributed by atoms with Gasteiger partial charge in [0.2, 0.25) is 0 Å². The molecule has 5 heteroatoms. The number of ether oxygens (including phenoxy) is 1. The van der Waals surface area contributed by atoms with E-state index in [-0.39, 0.29) is 24.3 Å². The lowest BCUT2D eigenvalue weighted by atomic mass is 10.1. The summed E-state index contributed by atoms with van der Waals surface area (Å²) in [6.07, 6.45) is 0. The number of carbonyl (C=O) groups is 1. The number of carbonyl (C=O) groups excluding carboxylic acids is 1. The van der Waals surface area contributed by atoms with Crippen LogP contribution in [0.15, 0.2) is 94.7 Å². The number of thiophene rings is 1. The Balaban J connectivity index is 1.45. The number of para-hydroxylation sites is 1. The highest BCUT2D eigenvalue weighted by atomic mass is 32.1. The molecule has 0 bridgehead atoms. The third-order valence-electron chi connectivity index (χ3n) is 4.25. The van der Waals surface area contributed by atoms with E-state index >= 15 is 0 Å². The summed E-state index contributed by atoms with van der Waals surface area (Å²) in [5.74, 6) is 1.37. The Kier molecular flexibility index (Phi) is 5.54. The fourth-order valence-electron chi connectivity index (χ4n) is 2.87. The lowest BCUT2D eigenvalue weighted by Crippen LogP contribution is -2.28. The summed E-state index contributed by atoms with van der Waals surface area (Å²) in [5, 5.41) is 5.08. The second-order valence-electron chi connectivity index (χ2n) is 6.20. The average Bonchev–Trinajstić information content (AvgIpc) is 3.44. The first-order chi connectivity index (χ1) is 13.8. The standard InChI is InChI=1S/C23H19NO3S/c25-23(20-14-13-19(27-20)16-26-18-10-5-2-6-11-18)24-22(21-12-7-15-28-21)17-8-3-1-4-9-17/h1-15,22H,16H2,(H,24,25). The first kappa shape index (κ1) is 18.1. The summed E-state index contributed by atoms with van der Waals surface area (Å²) in [4.78, 5) is 13.8. The van der Waals surface area contributed by atoms with Crippen molar-refractivity contribution >= 4 is 17.2 Å². The quantitative estimate of drug-likeness (QED) is 0.458. The summed E-state index contributed by atoms with van der Waals surface area (Å²) in [6, 6.07) is 26.6. The summed E-state index contributed by atoms with van der Waals surface area (Å²) < 4.78 is 11.4. The predicted molar refractivity (Wildman–Crippen MR) is 110 cm³/mol. The largest absolute Gasteiger partial charge is 0.486 e. The van der Waals surface area contributed by atoms with Crippen LogP contribution < -0.4 is 10.1 Å². The van der Waals surface area contributed by atoms with E-state index in [9.17, 15) is 4.79 Å². The van der Waals surface area contributed by atoms with E-state index in [4.69, 9.17) is 9.15 Å². The third kappa shape index (κ3) is 4.32. The van der Waals surface area contributed by atoms with E-state index in [1.165, 1.54) is 0 Å². The molecule has 2 aromatic carbocycles. The SMILES string of the molecule is O=C(NC(c1ccccc1)c1cccs1)c1ccc(COc2ccccc2)o1. The van der Waals surface area contributed by atoms with Crippen LogP contribution in [-0.4, -0.2) is 5.91 Å². The van der Waals surface area contributed by atoms with Crippen LogP contribution in [0.5, 0.6) is 5.75 Å². The highest BCUT2D eigenvalue weighted by Gasteiger charge is 2.20. The minimum Gasteiger partial charge on any atom is -0.486 e. The Labute approximate surface area is 167 Å². The zero-order valence-corrected chi connectivity index (χ0v) is 15.9. The third-order valence-corrected chi connectivity index (χ3v) is 5.18. The number of hydrogen-bond acceptors (Lipinski definition) is 4. The van der Waals surface area contributed by atoms with Gasteiger partial charge in [0, 0.05) is 4.88 Å². The van der Waals surface area contributed by atoms with Gasteiger partial charge < -0.3 is 14.5 Å². The maximum Gasteiger partial charge on any atom is 0.287 e. The molecule has 4 aromatic rings. The van der Waals surface area contributed by atoms with Crippen molar-refractivity contribution in [2.75, 3.05) is 0 Å². The molecule has 1 N–H and O–H groups in total. The lowest BCUT2D eigenvalue weighted by molar-refractivity contribution is 0.0911. The van der Waals surface area contributed by atoms with Gasteiger partial charge in [-0.3, -0.25) is 4.79 Å². The van der Waals surface area contributed by atoms with Crippen molar-refractivity contribution in [1.82, 2.24) is 5.32 Å². The molecular formula is C23H19NO3S. The van der Waals surface area contributed by atoms with Crippen LogP contribution in [0.2, 0.25) is 0 Å². The van der Waals surface area contributed by atoms with E-state index in [2.05, 4.69) is 5.32 Å². The van der Waals surface area contributed by atoms with Gasteiger partial charge in [0.15, 0.2) is 5.76 Å². The first-order valence-corrected chi connectivity index (χ1v) is 9.83. The van der Waals surface area contributed by atoms with Gasteiger partial charge >= 0.3 is 0 Å². The zero-order chi connectivity index (χ0) is 19.2. The van der Waals surface area contributed by atoms with Gasteiger partial charge in [-0.1, -0.05) is 54.6 Å². The highest BCUT2D eigenvalue weighted by Crippen LogP contribution is 2.26. The normalized spacial score (nSPS) is 11.7. The molecule has 1 unspecified atom stereocenters. The molecule has 2 heterocycles. The number of hydrogen-bond donors (Lipinski definition) is 1. The van der Waals surface area contributed by atoms with Crippen molar-refractivity contribution in [3.8, 4) is 5.75 Å². The van der Waals surface area contributed by atoms with Gasteiger partial charge in [-0.2, -0.15) is 0 Å². The molecule has 0 saturated heterocycles. The Morgan fingerprint density at radius 1 is 0.929 bits per heavy atom. The van der Waals surface area contributed by atoms with E-state index in [0.29, 0.717) is 5.76 Å². The molecule has 1 atom stereocenters. The topological polar surface area (TPSA) is 51.5 Å². The van der Waals surface area contributed by atoms with E-state index in [1.807, 2.05) is 78.2 Å². The van der Waals surface area contributed by atoms with Crippen LogP contribution in [0.25, 0.3) is 0 Å². The molecule has 2 aromatic heterocycles. The Hall–Kier alpha value is -3.31. The molecule has 4 rings (SSSR count). The molecule has 0 fully saturated rings. The first-order valence-electron chi connectivity index (χ1n) is 8.95. The van der Waals surface area contributed by atoms with Crippen molar-refractivity contribution in [2.45, 2.75) is 12.6 Å². The highest BCUT2D eigenvalue weighted by molar-refractivity contribution is 7.10. The minimum absolute atomic E-state index is 0.220. The molecule has 0 aliphatic rings. The van der Waals surface area contributed by atoms with Crippen molar-refractivity contribution in [2.24, 2.45) is 0 Å². The van der Waals surface area contributed by atoms with Gasteiger partial charge in [-0.15, -0.1) is 11.3 Å². The van der Waals surface area contributed by atoms with Crippen molar-refractivity contribution in [3.63, 3.8) is 0 Å². The minimum atomic E-state index is -0.256. The fourth-order valence-corrected chi connectivity index (χ4v) is 3.67. The molecule has 1 amide bonds. The molecule has 140 valence electrons.